The average Bonchev–Trinajstić information content (AvgIpc) is 3.50. The molecule has 0 fully saturated rings. The fraction of sp³-hybridized carbons (Fsp3) is 0.370. The molecule has 3 aromatic heterocycles. The molecular formula is C27H32N8O. The van der Waals surface area contributed by atoms with Crippen LogP contribution in [0, 0.1) is 6.92 Å². The molecule has 0 saturated carbocycles. The number of nitrogens with zero attached hydrogens (tertiary/aromatic N) is 6. The fourth-order valence-corrected chi connectivity index (χ4v) is 4.33. The molecule has 0 saturated heterocycles. The number of hydrogen-bond donors (Lipinski definition) is 2. The van der Waals surface area contributed by atoms with Crippen LogP contribution in [0.2, 0.25) is 0 Å². The van der Waals surface area contributed by atoms with E-state index < -0.39 is 0 Å². The van der Waals surface area contributed by atoms with Crippen molar-refractivity contribution in [2.24, 2.45) is 0 Å². The van der Waals surface area contributed by atoms with Crippen LogP contribution in [-0.2, 0) is 25.0 Å². The van der Waals surface area contributed by atoms with E-state index in [4.69, 9.17) is 0 Å². The molecule has 9 nitrogen and oxygen atoms in total. The minimum absolute atomic E-state index is 0.109. The molecule has 0 radical (unpaired) electrons. The minimum Gasteiger partial charge on any atom is -0.323 e. The summed E-state index contributed by atoms with van der Waals surface area (Å²) in [6.45, 7) is 10.9. The Morgan fingerprint density at radius 3 is 2.75 bits per heavy atom. The van der Waals surface area contributed by atoms with Crippen LogP contribution in [0.25, 0.3) is 11.3 Å². The summed E-state index contributed by atoms with van der Waals surface area (Å²) >= 11 is 0. The maximum Gasteiger partial charge on any atom is 0.166 e. The first-order chi connectivity index (χ1) is 17.3. The third-order valence-corrected chi connectivity index (χ3v) is 6.44. The van der Waals surface area contributed by atoms with Gasteiger partial charge in [0, 0.05) is 43.4 Å². The van der Waals surface area contributed by atoms with E-state index in [1.165, 1.54) is 0 Å². The Kier molecular flexibility index (Phi) is 6.40. The summed E-state index contributed by atoms with van der Waals surface area (Å²) in [4.78, 5) is 21.6. The Balaban J connectivity index is 1.25. The standard InChI is InChI=1S/C27H32N8O/c1-18-11-20(6-5-19(18)7-8-24(36)21-14-31-35(16-21)27(2,3)4)23-13-25(30-17-29-23)32-26-12-22-15-28-9-10-34(22)33-26/h5-6,11-14,16-17,28H,7-10,15H2,1-4H3,(H,29,30,32,33). The van der Waals surface area contributed by atoms with E-state index in [0.29, 0.717) is 24.2 Å². The maximum atomic E-state index is 12.7. The van der Waals surface area contributed by atoms with Gasteiger partial charge in [-0.2, -0.15) is 10.2 Å². The number of benzene rings is 1. The van der Waals surface area contributed by atoms with Crippen LogP contribution in [-0.4, -0.2) is 41.9 Å². The number of carbonyl (C=O) groups excluding carboxylic acids is 1. The van der Waals surface area contributed by atoms with Crippen LogP contribution in [0.1, 0.15) is 54.4 Å². The minimum atomic E-state index is -0.142. The van der Waals surface area contributed by atoms with E-state index in [9.17, 15) is 4.79 Å². The van der Waals surface area contributed by atoms with Gasteiger partial charge in [0.25, 0.3) is 0 Å². The summed E-state index contributed by atoms with van der Waals surface area (Å²) in [6.07, 6.45) is 6.20. The first-order valence-corrected chi connectivity index (χ1v) is 12.3. The molecule has 0 spiro atoms. The topological polar surface area (TPSA) is 103 Å². The van der Waals surface area contributed by atoms with Gasteiger partial charge in [-0.1, -0.05) is 12.1 Å². The fourth-order valence-electron chi connectivity index (χ4n) is 4.33. The third-order valence-electron chi connectivity index (χ3n) is 6.44. The zero-order valence-corrected chi connectivity index (χ0v) is 21.2. The molecule has 1 aliphatic heterocycles. The number of rotatable bonds is 7. The van der Waals surface area contributed by atoms with Gasteiger partial charge in [0.05, 0.1) is 35.2 Å². The Morgan fingerprint density at radius 2 is 2.00 bits per heavy atom. The Labute approximate surface area is 211 Å². The molecule has 4 heterocycles. The van der Waals surface area contributed by atoms with E-state index >= 15 is 0 Å². The number of ketones is 1. The first kappa shape index (κ1) is 23.9. The van der Waals surface area contributed by atoms with E-state index in [1.54, 1.807) is 12.5 Å². The molecule has 36 heavy (non-hydrogen) atoms. The predicted octanol–water partition coefficient (Wildman–Crippen LogP) is 4.26. The van der Waals surface area contributed by atoms with Crippen molar-refractivity contribution in [1.82, 2.24) is 34.8 Å². The molecule has 4 aromatic rings. The number of fused-ring (bicyclic) bond motifs is 1. The largest absolute Gasteiger partial charge is 0.323 e. The van der Waals surface area contributed by atoms with Crippen LogP contribution >= 0.6 is 0 Å². The van der Waals surface area contributed by atoms with Crippen LogP contribution in [0.3, 0.4) is 0 Å². The molecule has 0 unspecified atom stereocenters. The molecule has 186 valence electrons. The van der Waals surface area contributed by atoms with Crippen LogP contribution in [0.15, 0.2) is 49.1 Å². The van der Waals surface area contributed by atoms with Crippen LogP contribution in [0.5, 0.6) is 0 Å². The molecule has 1 aromatic carbocycles. The third kappa shape index (κ3) is 5.21. The van der Waals surface area contributed by atoms with Crippen molar-refractivity contribution in [1.29, 1.82) is 0 Å². The quantitative estimate of drug-likeness (QED) is 0.378. The molecule has 0 amide bonds. The lowest BCUT2D eigenvalue weighted by atomic mass is 9.98. The van der Waals surface area contributed by atoms with Gasteiger partial charge in [-0.25, -0.2) is 9.97 Å². The van der Waals surface area contributed by atoms with Gasteiger partial charge in [-0.3, -0.25) is 14.2 Å². The zero-order chi connectivity index (χ0) is 25.3. The molecular weight excluding hydrogens is 452 g/mol. The summed E-state index contributed by atoms with van der Waals surface area (Å²) in [5.74, 6) is 1.59. The smallest absolute Gasteiger partial charge is 0.166 e. The van der Waals surface area contributed by atoms with Crippen molar-refractivity contribution in [3.63, 3.8) is 0 Å². The number of Topliss-reactive ketones (excluding diaryl/α,β-unsaturated/α-hetero) is 1. The lowest BCUT2D eigenvalue weighted by Crippen LogP contribution is -2.28. The molecule has 2 N–H and O–H groups in total. The van der Waals surface area contributed by atoms with Crippen molar-refractivity contribution >= 4 is 17.4 Å². The lowest BCUT2D eigenvalue weighted by molar-refractivity contribution is 0.0982. The molecule has 0 aliphatic carbocycles. The molecule has 0 atom stereocenters. The summed E-state index contributed by atoms with van der Waals surface area (Å²) in [5.41, 5.74) is 5.80. The van der Waals surface area contributed by atoms with Gasteiger partial charge in [0.15, 0.2) is 11.6 Å². The number of aryl methyl sites for hydroxylation is 2. The van der Waals surface area contributed by atoms with E-state index in [2.05, 4.69) is 76.7 Å². The average molecular weight is 485 g/mol. The van der Waals surface area contributed by atoms with Crippen molar-refractivity contribution in [3.05, 3.63) is 71.4 Å². The van der Waals surface area contributed by atoms with Crippen molar-refractivity contribution in [3.8, 4) is 11.3 Å². The van der Waals surface area contributed by atoms with Gasteiger partial charge in [0.1, 0.15) is 12.1 Å². The molecule has 9 heteroatoms. The Bertz CT molecular complexity index is 1370. The predicted molar refractivity (Wildman–Crippen MR) is 139 cm³/mol. The summed E-state index contributed by atoms with van der Waals surface area (Å²) in [7, 11) is 0. The SMILES string of the molecule is Cc1cc(-c2cc(Nc3cc4n(n3)CCNC4)ncn2)ccc1CCC(=O)c1cnn(C(C)(C)C)c1. The van der Waals surface area contributed by atoms with E-state index in [0.717, 1.165) is 53.5 Å². The number of hydrogen-bond acceptors (Lipinski definition) is 7. The summed E-state index contributed by atoms with van der Waals surface area (Å²) in [5, 5.41) is 15.6. The van der Waals surface area contributed by atoms with Gasteiger partial charge in [0.2, 0.25) is 0 Å². The van der Waals surface area contributed by atoms with Crippen LogP contribution in [0.4, 0.5) is 11.6 Å². The van der Waals surface area contributed by atoms with E-state index in [1.807, 2.05) is 27.7 Å². The first-order valence-electron chi connectivity index (χ1n) is 12.3. The maximum absolute atomic E-state index is 12.7. The molecule has 5 rings (SSSR count). The van der Waals surface area contributed by atoms with Gasteiger partial charge in [-0.05, 0) is 51.3 Å². The normalized spacial score (nSPS) is 13.4. The van der Waals surface area contributed by atoms with Gasteiger partial charge >= 0.3 is 0 Å². The monoisotopic (exact) mass is 484 g/mol. The highest BCUT2D eigenvalue weighted by molar-refractivity contribution is 5.95. The van der Waals surface area contributed by atoms with Crippen molar-refractivity contribution in [2.45, 2.75) is 59.2 Å². The van der Waals surface area contributed by atoms with Crippen molar-refractivity contribution in [2.75, 3.05) is 11.9 Å². The second-order valence-corrected chi connectivity index (χ2v) is 10.2. The zero-order valence-electron chi connectivity index (χ0n) is 21.2. The Morgan fingerprint density at radius 1 is 1.14 bits per heavy atom. The molecule has 1 aliphatic rings. The summed E-state index contributed by atoms with van der Waals surface area (Å²) < 4.78 is 3.85. The van der Waals surface area contributed by atoms with E-state index in [-0.39, 0.29) is 11.3 Å². The van der Waals surface area contributed by atoms with Gasteiger partial charge < -0.3 is 10.6 Å². The highest BCUT2D eigenvalue weighted by atomic mass is 16.1. The number of nitrogens with one attached hydrogen (secondary N) is 2. The number of anilines is 2. The highest BCUT2D eigenvalue weighted by Gasteiger charge is 2.17. The molecule has 0 bridgehead atoms. The second kappa shape index (κ2) is 9.66. The van der Waals surface area contributed by atoms with Crippen molar-refractivity contribution < 1.29 is 4.79 Å². The van der Waals surface area contributed by atoms with Gasteiger partial charge in [-0.15, -0.1) is 0 Å². The Hall–Kier alpha value is -3.85. The van der Waals surface area contributed by atoms with Crippen LogP contribution < -0.4 is 10.6 Å². The summed E-state index contributed by atoms with van der Waals surface area (Å²) in [6, 6.07) is 10.2. The highest BCUT2D eigenvalue weighted by Crippen LogP contribution is 2.25. The second-order valence-electron chi connectivity index (χ2n) is 10.2. The lowest BCUT2D eigenvalue weighted by Gasteiger charge is -2.18. The number of carbonyl (C=O) groups is 1. The number of aromatic nitrogens is 6.